The average Bonchev–Trinajstić information content (AvgIpc) is 2.90. The number of carbonyl (C=O) groups is 1. The van der Waals surface area contributed by atoms with Crippen molar-refractivity contribution in [2.75, 3.05) is 0 Å². The zero-order valence-corrected chi connectivity index (χ0v) is 11.8. The van der Waals surface area contributed by atoms with Gasteiger partial charge in [-0.05, 0) is 56.2 Å². The second-order valence-corrected chi connectivity index (χ2v) is 6.46. The van der Waals surface area contributed by atoms with Gasteiger partial charge in [-0.25, -0.2) is 5.43 Å². The topological polar surface area (TPSA) is 57.2 Å². The number of aryl methyl sites for hydroxylation is 2. The van der Waals surface area contributed by atoms with Crippen molar-refractivity contribution in [3.05, 3.63) is 28.6 Å². The summed E-state index contributed by atoms with van der Waals surface area (Å²) < 4.78 is 0. The highest BCUT2D eigenvalue weighted by atomic mass is 16.2. The maximum absolute atomic E-state index is 12.0. The number of hydrazone groups is 1. The molecule has 1 aromatic rings. The third-order valence-electron chi connectivity index (χ3n) is 4.78. The van der Waals surface area contributed by atoms with Crippen LogP contribution < -0.4 is 5.43 Å². The van der Waals surface area contributed by atoms with Crippen molar-refractivity contribution in [1.29, 1.82) is 0 Å². The fourth-order valence-electron chi connectivity index (χ4n) is 3.21. The Bertz CT molecular complexity index is 623. The van der Waals surface area contributed by atoms with Crippen LogP contribution >= 0.6 is 0 Å². The average molecular weight is 269 g/mol. The van der Waals surface area contributed by atoms with Gasteiger partial charge in [0.1, 0.15) is 0 Å². The van der Waals surface area contributed by atoms with Crippen molar-refractivity contribution >= 4 is 17.7 Å². The Morgan fingerprint density at radius 1 is 1.30 bits per heavy atom. The quantitative estimate of drug-likeness (QED) is 0.796. The van der Waals surface area contributed by atoms with Gasteiger partial charge < -0.3 is 4.98 Å². The summed E-state index contributed by atoms with van der Waals surface area (Å²) >= 11 is 0. The van der Waals surface area contributed by atoms with Gasteiger partial charge >= 0.3 is 0 Å². The molecule has 0 bridgehead atoms. The lowest BCUT2D eigenvalue weighted by Crippen LogP contribution is -2.17. The van der Waals surface area contributed by atoms with Gasteiger partial charge in [0.25, 0.3) is 5.91 Å². The molecule has 4 heteroatoms. The molecular formula is C16H19N3O. The van der Waals surface area contributed by atoms with Crippen molar-refractivity contribution in [3.8, 4) is 0 Å². The van der Waals surface area contributed by atoms with E-state index in [1.165, 1.54) is 24.1 Å². The number of rotatable bonds is 2. The van der Waals surface area contributed by atoms with Crippen LogP contribution in [-0.4, -0.2) is 16.6 Å². The molecule has 0 spiro atoms. The van der Waals surface area contributed by atoms with Crippen LogP contribution in [0.3, 0.4) is 0 Å². The van der Waals surface area contributed by atoms with E-state index in [1.807, 2.05) is 6.08 Å². The number of fused-ring (bicyclic) bond motifs is 1. The van der Waals surface area contributed by atoms with E-state index in [9.17, 15) is 4.79 Å². The van der Waals surface area contributed by atoms with E-state index in [0.717, 1.165) is 42.7 Å². The summed E-state index contributed by atoms with van der Waals surface area (Å²) in [5, 5.41) is 4.24. The lowest BCUT2D eigenvalue weighted by atomic mass is 9.95. The summed E-state index contributed by atoms with van der Waals surface area (Å²) in [5.74, 6) is -0.0688. The van der Waals surface area contributed by atoms with Crippen LogP contribution in [0.1, 0.15) is 49.6 Å². The first-order valence-corrected chi connectivity index (χ1v) is 7.47. The Hall–Kier alpha value is -1.84. The molecule has 0 radical (unpaired) electrons. The molecule has 2 N–H and O–H groups in total. The van der Waals surface area contributed by atoms with E-state index in [0.29, 0.717) is 0 Å². The number of amides is 1. The van der Waals surface area contributed by atoms with Gasteiger partial charge in [-0.2, -0.15) is 5.10 Å². The molecule has 0 aromatic carbocycles. The molecule has 4 rings (SSSR count). The summed E-state index contributed by atoms with van der Waals surface area (Å²) in [6, 6.07) is 2.19. The van der Waals surface area contributed by atoms with Gasteiger partial charge in [0, 0.05) is 16.8 Å². The number of aromatic amines is 1. The van der Waals surface area contributed by atoms with Gasteiger partial charge in [0.15, 0.2) is 0 Å². The minimum absolute atomic E-state index is 0.0688. The number of hydrogen-bond donors (Lipinski definition) is 2. The van der Waals surface area contributed by atoms with Crippen LogP contribution in [0.25, 0.3) is 6.08 Å². The first-order valence-electron chi connectivity index (χ1n) is 7.47. The normalized spacial score (nSPS) is 25.4. The van der Waals surface area contributed by atoms with Crippen molar-refractivity contribution in [1.82, 2.24) is 10.4 Å². The molecule has 1 aliphatic heterocycles. The predicted octanol–water partition coefficient (Wildman–Crippen LogP) is 2.56. The maximum atomic E-state index is 12.0. The van der Waals surface area contributed by atoms with Gasteiger partial charge in [0.05, 0.1) is 11.3 Å². The highest BCUT2D eigenvalue weighted by Gasteiger charge is 2.47. The van der Waals surface area contributed by atoms with Gasteiger partial charge in [0.2, 0.25) is 0 Å². The first kappa shape index (κ1) is 11.9. The van der Waals surface area contributed by atoms with E-state index in [2.05, 4.69) is 28.5 Å². The standard InChI is InChI=1S/C16H19N3O/c1-16(6-7-16)14-12(15(20)19-18-14)9-11-8-10-4-2-3-5-13(10)17-11/h8-9,17H,2-7H2,1H3,(H,19,20)/b12-9+. The summed E-state index contributed by atoms with van der Waals surface area (Å²) in [4.78, 5) is 15.5. The first-order chi connectivity index (χ1) is 9.66. The van der Waals surface area contributed by atoms with Crippen molar-refractivity contribution in [2.24, 2.45) is 10.5 Å². The number of nitrogens with zero attached hydrogens (tertiary/aromatic N) is 1. The van der Waals surface area contributed by atoms with E-state index in [4.69, 9.17) is 0 Å². The fourth-order valence-corrected chi connectivity index (χ4v) is 3.21. The molecule has 0 saturated heterocycles. The summed E-state index contributed by atoms with van der Waals surface area (Å²) in [6.07, 6.45) is 9.03. The summed E-state index contributed by atoms with van der Waals surface area (Å²) in [5.41, 5.74) is 8.20. The zero-order valence-electron chi connectivity index (χ0n) is 11.8. The van der Waals surface area contributed by atoms with Crippen molar-refractivity contribution < 1.29 is 4.79 Å². The monoisotopic (exact) mass is 269 g/mol. The van der Waals surface area contributed by atoms with E-state index in [1.54, 1.807) is 0 Å². The SMILES string of the molecule is CC1(C2=NNC(=O)/C2=C/c2cc3c([nH]2)CCCC3)CC1. The van der Waals surface area contributed by atoms with Crippen LogP contribution in [0, 0.1) is 5.41 Å². The molecule has 3 aliphatic rings. The molecule has 0 unspecified atom stereocenters. The Morgan fingerprint density at radius 3 is 2.85 bits per heavy atom. The predicted molar refractivity (Wildman–Crippen MR) is 78.3 cm³/mol. The van der Waals surface area contributed by atoms with Gasteiger partial charge in [-0.3, -0.25) is 4.79 Å². The molecular weight excluding hydrogens is 250 g/mol. The second kappa shape index (κ2) is 4.08. The second-order valence-electron chi connectivity index (χ2n) is 6.46. The molecule has 1 saturated carbocycles. The summed E-state index contributed by atoms with van der Waals surface area (Å²) in [6.45, 7) is 2.18. The number of H-pyrrole nitrogens is 1. The van der Waals surface area contributed by atoms with E-state index >= 15 is 0 Å². The molecule has 0 atom stereocenters. The third-order valence-corrected chi connectivity index (χ3v) is 4.78. The third kappa shape index (κ3) is 1.82. The minimum atomic E-state index is -0.0688. The fraction of sp³-hybridized carbons (Fsp3) is 0.500. The minimum Gasteiger partial charge on any atom is -0.359 e. The Kier molecular flexibility index (Phi) is 2.43. The molecule has 1 fully saturated rings. The number of nitrogens with one attached hydrogen (secondary N) is 2. The van der Waals surface area contributed by atoms with E-state index < -0.39 is 0 Å². The molecule has 1 amide bonds. The Labute approximate surface area is 118 Å². The zero-order chi connectivity index (χ0) is 13.7. The van der Waals surface area contributed by atoms with Crippen LogP contribution in [0.2, 0.25) is 0 Å². The Morgan fingerprint density at radius 2 is 2.10 bits per heavy atom. The number of aromatic nitrogens is 1. The largest absolute Gasteiger partial charge is 0.359 e. The van der Waals surface area contributed by atoms with Crippen molar-refractivity contribution in [2.45, 2.75) is 45.4 Å². The number of carbonyl (C=O) groups excluding carboxylic acids is 1. The van der Waals surface area contributed by atoms with Crippen LogP contribution in [-0.2, 0) is 17.6 Å². The molecule has 1 aromatic heterocycles. The van der Waals surface area contributed by atoms with Crippen LogP contribution in [0.5, 0.6) is 0 Å². The smallest absolute Gasteiger partial charge is 0.273 e. The van der Waals surface area contributed by atoms with Crippen molar-refractivity contribution in [3.63, 3.8) is 0 Å². The van der Waals surface area contributed by atoms with Crippen LogP contribution in [0.4, 0.5) is 0 Å². The molecule has 20 heavy (non-hydrogen) atoms. The van der Waals surface area contributed by atoms with Gasteiger partial charge in [-0.15, -0.1) is 0 Å². The number of hydrogen-bond acceptors (Lipinski definition) is 2. The summed E-state index contributed by atoms with van der Waals surface area (Å²) in [7, 11) is 0. The molecule has 4 nitrogen and oxygen atoms in total. The maximum Gasteiger partial charge on any atom is 0.273 e. The highest BCUT2D eigenvalue weighted by Crippen LogP contribution is 2.49. The van der Waals surface area contributed by atoms with Crippen LogP contribution in [0.15, 0.2) is 16.7 Å². The molecule has 2 heterocycles. The Balaban J connectivity index is 1.70. The van der Waals surface area contributed by atoms with Gasteiger partial charge in [-0.1, -0.05) is 6.92 Å². The lowest BCUT2D eigenvalue weighted by molar-refractivity contribution is -0.116. The molecule has 2 aliphatic carbocycles. The molecule has 104 valence electrons. The lowest BCUT2D eigenvalue weighted by Gasteiger charge is -2.09. The van der Waals surface area contributed by atoms with E-state index in [-0.39, 0.29) is 11.3 Å². The highest BCUT2D eigenvalue weighted by molar-refractivity contribution is 6.29.